The Labute approximate surface area is 168 Å². The quantitative estimate of drug-likeness (QED) is 0.570. The molecule has 3 N–H and O–H groups in total. The number of halogens is 3. The number of alkyl halides is 3. The highest BCUT2D eigenvalue weighted by molar-refractivity contribution is 6.00. The maximum Gasteiger partial charge on any atom is 0.437 e. The molecule has 1 saturated heterocycles. The monoisotopic (exact) mass is 416 g/mol. The largest absolute Gasteiger partial charge is 0.437 e. The van der Waals surface area contributed by atoms with Crippen LogP contribution in [0.2, 0.25) is 0 Å². The van der Waals surface area contributed by atoms with Crippen LogP contribution < -0.4 is 10.6 Å². The molecule has 7 nitrogen and oxygen atoms in total. The minimum atomic E-state index is -5.32. The maximum absolute atomic E-state index is 13.9. The van der Waals surface area contributed by atoms with Crippen LogP contribution in [-0.2, 0) is 0 Å². The Kier molecular flexibility index (Phi) is 4.65. The first-order chi connectivity index (χ1) is 14.2. The molecule has 30 heavy (non-hydrogen) atoms. The predicted molar refractivity (Wildman–Crippen MR) is 99.2 cm³/mol. The number of Topliss-reactive ketones (excluding diaryl/α,β-unsaturated/α-hetero) is 1. The van der Waals surface area contributed by atoms with Gasteiger partial charge in [0, 0.05) is 29.5 Å². The second kappa shape index (κ2) is 7.06. The number of benzene rings is 1. The summed E-state index contributed by atoms with van der Waals surface area (Å²) in [5.74, 6) is -3.12. The number of rotatable bonds is 3. The lowest BCUT2D eigenvalue weighted by atomic mass is 9.77. The SMILES string of the molecule is O=C1N[C@H](c2ccc3ncccc3c2)[C@@H](C(=O)c2cccnc2)[C@](O)(C(F)(F)F)N1. The number of aromatic nitrogens is 2. The molecule has 3 aromatic rings. The van der Waals surface area contributed by atoms with Gasteiger partial charge in [-0.25, -0.2) is 4.79 Å². The van der Waals surface area contributed by atoms with Crippen molar-refractivity contribution in [2.24, 2.45) is 5.92 Å². The van der Waals surface area contributed by atoms with Crippen LogP contribution in [0.5, 0.6) is 0 Å². The highest BCUT2D eigenvalue weighted by Crippen LogP contribution is 2.44. The number of fused-ring (bicyclic) bond motifs is 1. The van der Waals surface area contributed by atoms with Crippen LogP contribution in [0.15, 0.2) is 61.1 Å². The molecule has 2 amide bonds. The fourth-order valence-electron chi connectivity index (χ4n) is 3.59. The molecule has 0 saturated carbocycles. The molecule has 0 unspecified atom stereocenters. The number of nitrogens with one attached hydrogen (secondary N) is 2. The van der Waals surface area contributed by atoms with Gasteiger partial charge in [-0.15, -0.1) is 0 Å². The van der Waals surface area contributed by atoms with E-state index in [-0.39, 0.29) is 11.1 Å². The Bertz CT molecular complexity index is 1120. The van der Waals surface area contributed by atoms with Gasteiger partial charge < -0.3 is 15.7 Å². The van der Waals surface area contributed by atoms with E-state index in [1.807, 2.05) is 0 Å². The van der Waals surface area contributed by atoms with Crippen molar-refractivity contribution in [3.63, 3.8) is 0 Å². The van der Waals surface area contributed by atoms with Crippen molar-refractivity contribution in [1.29, 1.82) is 0 Å². The van der Waals surface area contributed by atoms with Crippen LogP contribution in [-0.4, -0.2) is 38.8 Å². The molecule has 0 spiro atoms. The van der Waals surface area contributed by atoms with E-state index in [1.165, 1.54) is 35.8 Å². The van der Waals surface area contributed by atoms with Gasteiger partial charge in [0.05, 0.1) is 11.6 Å². The maximum atomic E-state index is 13.9. The molecule has 1 fully saturated rings. The van der Waals surface area contributed by atoms with Crippen LogP contribution in [0.25, 0.3) is 10.9 Å². The number of aliphatic hydroxyl groups is 1. The van der Waals surface area contributed by atoms with E-state index in [1.54, 1.807) is 24.4 Å². The second-order valence-corrected chi connectivity index (χ2v) is 6.88. The van der Waals surface area contributed by atoms with E-state index < -0.39 is 35.7 Å². The number of hydrogen-bond donors (Lipinski definition) is 3. The molecule has 1 aliphatic heterocycles. The fraction of sp³-hybridized carbons (Fsp3) is 0.200. The zero-order chi connectivity index (χ0) is 21.5. The molecular formula is C20H15F3N4O3. The van der Waals surface area contributed by atoms with Gasteiger partial charge in [0.25, 0.3) is 0 Å². The van der Waals surface area contributed by atoms with Crippen molar-refractivity contribution < 1.29 is 27.9 Å². The molecule has 0 radical (unpaired) electrons. The molecule has 1 aromatic carbocycles. The van der Waals surface area contributed by atoms with Gasteiger partial charge >= 0.3 is 12.2 Å². The second-order valence-electron chi connectivity index (χ2n) is 6.88. The van der Waals surface area contributed by atoms with Crippen molar-refractivity contribution in [2.45, 2.75) is 17.9 Å². The topological polar surface area (TPSA) is 104 Å². The molecule has 10 heteroatoms. The third-order valence-corrected chi connectivity index (χ3v) is 5.02. The molecule has 4 rings (SSSR count). The van der Waals surface area contributed by atoms with Gasteiger partial charge in [-0.1, -0.05) is 12.1 Å². The van der Waals surface area contributed by atoms with Crippen molar-refractivity contribution in [2.75, 3.05) is 0 Å². The Balaban J connectivity index is 1.88. The molecule has 2 aromatic heterocycles. The van der Waals surface area contributed by atoms with Gasteiger partial charge in [-0.2, -0.15) is 13.2 Å². The van der Waals surface area contributed by atoms with Crippen LogP contribution in [0, 0.1) is 5.92 Å². The zero-order valence-electron chi connectivity index (χ0n) is 15.2. The van der Waals surface area contributed by atoms with Crippen LogP contribution in [0.4, 0.5) is 18.0 Å². The Hall–Kier alpha value is -3.53. The normalized spacial score (nSPS) is 24.2. The Morgan fingerprint density at radius 3 is 2.60 bits per heavy atom. The number of hydrogen-bond acceptors (Lipinski definition) is 5. The fourth-order valence-corrected chi connectivity index (χ4v) is 3.59. The summed E-state index contributed by atoms with van der Waals surface area (Å²) in [7, 11) is 0. The summed E-state index contributed by atoms with van der Waals surface area (Å²) in [5, 5.41) is 15.0. The van der Waals surface area contributed by atoms with E-state index in [0.29, 0.717) is 10.9 Å². The highest BCUT2D eigenvalue weighted by Gasteiger charge is 2.66. The lowest BCUT2D eigenvalue weighted by Gasteiger charge is -2.45. The van der Waals surface area contributed by atoms with E-state index in [0.717, 1.165) is 6.20 Å². The molecule has 0 aliphatic carbocycles. The average Bonchev–Trinajstić information content (AvgIpc) is 2.72. The highest BCUT2D eigenvalue weighted by atomic mass is 19.4. The summed E-state index contributed by atoms with van der Waals surface area (Å²) in [4.78, 5) is 33.1. The van der Waals surface area contributed by atoms with Crippen LogP contribution >= 0.6 is 0 Å². The smallest absolute Gasteiger partial charge is 0.363 e. The van der Waals surface area contributed by atoms with Gasteiger partial charge in [-0.05, 0) is 35.9 Å². The number of ketones is 1. The minimum Gasteiger partial charge on any atom is -0.363 e. The Morgan fingerprint density at radius 2 is 1.90 bits per heavy atom. The Morgan fingerprint density at radius 1 is 1.13 bits per heavy atom. The van der Waals surface area contributed by atoms with Gasteiger partial charge in [-0.3, -0.25) is 14.8 Å². The number of amides is 2. The van der Waals surface area contributed by atoms with Crippen molar-refractivity contribution in [3.8, 4) is 0 Å². The zero-order valence-corrected chi connectivity index (χ0v) is 15.2. The first-order valence-corrected chi connectivity index (χ1v) is 8.87. The molecule has 1 aliphatic rings. The number of carbonyl (C=O) groups is 2. The number of nitrogens with zero attached hydrogens (tertiary/aromatic N) is 2. The molecular weight excluding hydrogens is 401 g/mol. The van der Waals surface area contributed by atoms with E-state index in [9.17, 15) is 27.9 Å². The third kappa shape index (κ3) is 3.24. The standard InChI is InChI=1S/C20H15F3N4O3/c21-20(22,23)19(30)15(17(28)13-4-1-7-24-10-13)16(26-18(29)27-19)12-5-6-14-11(9-12)3-2-8-25-14/h1-10,15-16,30H,(H2,26,27,29)/t15-,16+,19-/m0/s1. The van der Waals surface area contributed by atoms with Crippen LogP contribution in [0.3, 0.4) is 0 Å². The number of pyridine rings is 2. The summed E-state index contributed by atoms with van der Waals surface area (Å²) in [5.41, 5.74) is -3.11. The first kappa shape index (κ1) is 19.8. The molecule has 154 valence electrons. The van der Waals surface area contributed by atoms with Gasteiger partial charge in [0.1, 0.15) is 5.92 Å². The van der Waals surface area contributed by atoms with Crippen molar-refractivity contribution in [1.82, 2.24) is 20.6 Å². The molecule has 3 atom stereocenters. The lowest BCUT2D eigenvalue weighted by molar-refractivity contribution is -0.287. The van der Waals surface area contributed by atoms with E-state index in [4.69, 9.17) is 0 Å². The number of urea groups is 1. The van der Waals surface area contributed by atoms with E-state index >= 15 is 0 Å². The summed E-state index contributed by atoms with van der Waals surface area (Å²) >= 11 is 0. The predicted octanol–water partition coefficient (Wildman–Crippen LogP) is 2.73. The van der Waals surface area contributed by atoms with Crippen LogP contribution in [0.1, 0.15) is 22.0 Å². The summed E-state index contributed by atoms with van der Waals surface area (Å²) in [6.07, 6.45) is -1.28. The average molecular weight is 416 g/mol. The number of carbonyl (C=O) groups excluding carboxylic acids is 2. The summed E-state index contributed by atoms with van der Waals surface area (Å²) in [6.45, 7) is 0. The molecule has 3 heterocycles. The minimum absolute atomic E-state index is 0.129. The van der Waals surface area contributed by atoms with Gasteiger partial charge in [0.15, 0.2) is 5.78 Å². The van der Waals surface area contributed by atoms with Crippen molar-refractivity contribution >= 4 is 22.7 Å². The summed E-state index contributed by atoms with van der Waals surface area (Å²) in [6, 6.07) is 7.89. The first-order valence-electron chi connectivity index (χ1n) is 8.87. The lowest BCUT2D eigenvalue weighted by Crippen LogP contribution is -2.72. The van der Waals surface area contributed by atoms with Gasteiger partial charge in [0.2, 0.25) is 5.72 Å². The third-order valence-electron chi connectivity index (χ3n) is 5.02. The van der Waals surface area contributed by atoms with E-state index in [2.05, 4.69) is 15.3 Å². The molecule has 0 bridgehead atoms. The summed E-state index contributed by atoms with van der Waals surface area (Å²) < 4.78 is 41.7. The van der Waals surface area contributed by atoms with Crippen molar-refractivity contribution in [3.05, 3.63) is 72.2 Å².